The molecule has 3 aliphatic rings. The van der Waals surface area contributed by atoms with Gasteiger partial charge in [-0.2, -0.15) is 10.5 Å². The van der Waals surface area contributed by atoms with Crippen molar-refractivity contribution >= 4 is 44.3 Å². The van der Waals surface area contributed by atoms with E-state index in [1.165, 1.54) is 22.0 Å². The Labute approximate surface area is 281 Å². The van der Waals surface area contributed by atoms with Crippen LogP contribution < -0.4 is 4.90 Å². The number of rotatable bonds is 4. The van der Waals surface area contributed by atoms with E-state index in [0.29, 0.717) is 12.0 Å². The van der Waals surface area contributed by atoms with E-state index in [0.717, 1.165) is 70.4 Å². The second kappa shape index (κ2) is 12.6. The fraction of sp³-hybridized carbons (Fsp3) is 0.136. The zero-order valence-corrected chi connectivity index (χ0v) is 26.7. The maximum atomic E-state index is 10.5. The number of hydrogen-bond acceptors (Lipinski definition) is 3. The number of hydrogen-bond donors (Lipinski definition) is 0. The first-order valence-corrected chi connectivity index (χ1v) is 16.7. The first-order valence-electron chi connectivity index (χ1n) is 16.7. The minimum absolute atomic E-state index is 0.157. The summed E-state index contributed by atoms with van der Waals surface area (Å²) in [5, 5.41) is 22.9. The van der Waals surface area contributed by atoms with E-state index in [-0.39, 0.29) is 6.04 Å². The van der Waals surface area contributed by atoms with Crippen molar-refractivity contribution in [2.24, 2.45) is 0 Å². The molecule has 4 aromatic carbocycles. The van der Waals surface area contributed by atoms with Crippen LogP contribution in [0.5, 0.6) is 0 Å². The molecule has 5 aromatic rings. The normalized spacial score (nSPS) is 19.0. The van der Waals surface area contributed by atoms with Crippen molar-refractivity contribution in [3.8, 4) is 12.1 Å². The van der Waals surface area contributed by atoms with Crippen molar-refractivity contribution in [2.45, 2.75) is 31.7 Å². The van der Waals surface area contributed by atoms with Crippen LogP contribution in [-0.4, -0.2) is 17.2 Å². The molecule has 4 nitrogen and oxygen atoms in total. The van der Waals surface area contributed by atoms with Crippen molar-refractivity contribution in [3.63, 3.8) is 0 Å². The van der Waals surface area contributed by atoms with Gasteiger partial charge in [0, 0.05) is 39.8 Å². The topological polar surface area (TPSA) is 55.8 Å². The predicted molar refractivity (Wildman–Crippen MR) is 198 cm³/mol. The average Bonchev–Trinajstić information content (AvgIpc) is 3.53. The van der Waals surface area contributed by atoms with Gasteiger partial charge < -0.3 is 9.47 Å². The van der Waals surface area contributed by atoms with Crippen LogP contribution >= 0.6 is 0 Å². The van der Waals surface area contributed by atoms with Crippen LogP contribution in [0.3, 0.4) is 0 Å². The summed E-state index contributed by atoms with van der Waals surface area (Å²) < 4.78 is 2.36. The smallest absolute Gasteiger partial charge is 0.0998 e. The van der Waals surface area contributed by atoms with Crippen LogP contribution in [0.4, 0.5) is 5.69 Å². The highest BCUT2D eigenvalue weighted by Crippen LogP contribution is 2.41. The van der Waals surface area contributed by atoms with Gasteiger partial charge in [-0.3, -0.25) is 0 Å². The lowest BCUT2D eigenvalue weighted by Gasteiger charge is -2.34. The summed E-state index contributed by atoms with van der Waals surface area (Å²) in [7, 11) is 0. The Hall–Kier alpha value is -6.10. The molecule has 0 N–H and O–H groups in total. The maximum Gasteiger partial charge on any atom is 0.0998 e. The molecule has 0 amide bonds. The number of benzene rings is 4. The van der Waals surface area contributed by atoms with E-state index in [1.807, 2.05) is 12.1 Å². The van der Waals surface area contributed by atoms with E-state index in [2.05, 4.69) is 149 Å². The minimum Gasteiger partial charge on any atom is -0.361 e. The van der Waals surface area contributed by atoms with Gasteiger partial charge in [0.25, 0.3) is 0 Å². The monoisotopic (exact) mass is 618 g/mol. The maximum absolute atomic E-state index is 10.5. The van der Waals surface area contributed by atoms with Gasteiger partial charge in [0.2, 0.25) is 0 Å². The molecular weight excluding hydrogens is 585 g/mol. The van der Waals surface area contributed by atoms with Gasteiger partial charge in [-0.1, -0.05) is 109 Å². The third-order valence-corrected chi connectivity index (χ3v) is 9.79. The Morgan fingerprint density at radius 2 is 1.48 bits per heavy atom. The van der Waals surface area contributed by atoms with Crippen LogP contribution in [0.25, 0.3) is 38.6 Å². The summed E-state index contributed by atoms with van der Waals surface area (Å²) in [6.07, 6.45) is 20.6. The van der Waals surface area contributed by atoms with Gasteiger partial charge in [0.15, 0.2) is 0 Å². The van der Waals surface area contributed by atoms with E-state index < -0.39 is 0 Å². The SMILES string of the molecule is N#CC1=CC(c2ccc(C3=CC(N4C/C=C\C=C/Cc5ccccc54)CC=C3)c(C#N)c2)=C(n2c3ccccc3c3ccccc32)CC1. The quantitative estimate of drug-likeness (QED) is 0.201. The first-order chi connectivity index (χ1) is 23.7. The van der Waals surface area contributed by atoms with E-state index >= 15 is 0 Å². The van der Waals surface area contributed by atoms with Gasteiger partial charge in [-0.25, -0.2) is 0 Å². The Bertz CT molecular complexity index is 2310. The molecule has 0 saturated heterocycles. The summed E-state index contributed by atoms with van der Waals surface area (Å²) >= 11 is 0. The summed E-state index contributed by atoms with van der Waals surface area (Å²) in [6.45, 7) is 0.806. The van der Waals surface area contributed by atoms with Gasteiger partial charge in [-0.05, 0) is 78.3 Å². The second-order valence-corrected chi connectivity index (χ2v) is 12.6. The van der Waals surface area contributed by atoms with Gasteiger partial charge in [0.1, 0.15) is 0 Å². The number of para-hydroxylation sites is 3. The highest BCUT2D eigenvalue weighted by molar-refractivity contribution is 6.12. The fourth-order valence-corrected chi connectivity index (χ4v) is 7.52. The number of nitrogens with zero attached hydrogens (tertiary/aromatic N) is 4. The molecule has 1 atom stereocenters. The molecule has 1 aromatic heterocycles. The number of aromatic nitrogens is 1. The standard InChI is InChI=1S/C44H34N4/c45-29-31-21-24-44(48-42-19-8-5-16-38(42)39-17-6-9-20-43(39)48)40(26-31)34-22-23-37(35(27-34)30-46)33-14-11-15-36(28-33)47-25-10-2-1-3-12-32-13-4-7-18-41(32)47/h1-11,13-14,16-20,22-23,26-28,36H,12,15,21,24-25H2/b3-1-,10-2-. The minimum atomic E-state index is 0.157. The van der Waals surface area contributed by atoms with E-state index in [1.54, 1.807) is 0 Å². The lowest BCUT2D eigenvalue weighted by atomic mass is 9.88. The molecule has 230 valence electrons. The molecule has 0 saturated carbocycles. The molecule has 0 spiro atoms. The Morgan fingerprint density at radius 1 is 0.729 bits per heavy atom. The molecule has 0 bridgehead atoms. The van der Waals surface area contributed by atoms with Crippen LogP contribution in [0, 0.1) is 22.7 Å². The molecule has 0 fully saturated rings. The number of allylic oxidation sites excluding steroid dienone is 9. The third kappa shape index (κ3) is 5.19. The Kier molecular flexibility index (Phi) is 7.69. The molecular formula is C44H34N4. The molecule has 8 rings (SSSR count). The molecule has 4 heteroatoms. The molecule has 2 heterocycles. The van der Waals surface area contributed by atoms with Gasteiger partial charge >= 0.3 is 0 Å². The lowest BCUT2D eigenvalue weighted by molar-refractivity contribution is 0.723. The second-order valence-electron chi connectivity index (χ2n) is 12.6. The predicted octanol–water partition coefficient (Wildman–Crippen LogP) is 10.2. The molecule has 1 unspecified atom stereocenters. The largest absolute Gasteiger partial charge is 0.361 e. The fourth-order valence-electron chi connectivity index (χ4n) is 7.52. The van der Waals surface area contributed by atoms with Crippen molar-refractivity contribution in [1.29, 1.82) is 10.5 Å². The number of fused-ring (bicyclic) bond motifs is 4. The van der Waals surface area contributed by atoms with Crippen molar-refractivity contribution in [1.82, 2.24) is 4.57 Å². The van der Waals surface area contributed by atoms with E-state index in [4.69, 9.17) is 0 Å². The molecule has 48 heavy (non-hydrogen) atoms. The van der Waals surface area contributed by atoms with E-state index in [9.17, 15) is 10.5 Å². The zero-order valence-electron chi connectivity index (χ0n) is 26.7. The number of nitriles is 2. The summed E-state index contributed by atoms with van der Waals surface area (Å²) in [6, 6.07) is 37.0. The third-order valence-electron chi connectivity index (χ3n) is 9.79. The van der Waals surface area contributed by atoms with Crippen molar-refractivity contribution in [3.05, 3.63) is 167 Å². The molecule has 1 aliphatic heterocycles. The summed E-state index contributed by atoms with van der Waals surface area (Å²) in [4.78, 5) is 2.47. The van der Waals surface area contributed by atoms with Crippen molar-refractivity contribution in [2.75, 3.05) is 11.4 Å². The Balaban J connectivity index is 1.23. The van der Waals surface area contributed by atoms with Crippen LogP contribution in [-0.2, 0) is 6.42 Å². The van der Waals surface area contributed by atoms with Crippen LogP contribution in [0.1, 0.15) is 41.5 Å². The van der Waals surface area contributed by atoms with Gasteiger partial charge in [-0.15, -0.1) is 0 Å². The highest BCUT2D eigenvalue weighted by atomic mass is 15.2. The lowest BCUT2D eigenvalue weighted by Crippen LogP contribution is -2.35. The number of anilines is 1. The molecule has 2 aliphatic carbocycles. The first kappa shape index (κ1) is 29.3. The van der Waals surface area contributed by atoms with Gasteiger partial charge in [0.05, 0.1) is 34.8 Å². The highest BCUT2D eigenvalue weighted by Gasteiger charge is 2.24. The average molecular weight is 619 g/mol. The van der Waals surface area contributed by atoms with Crippen molar-refractivity contribution < 1.29 is 0 Å². The van der Waals surface area contributed by atoms with Crippen LogP contribution in [0.2, 0.25) is 0 Å². The molecule has 0 radical (unpaired) electrons. The summed E-state index contributed by atoms with van der Waals surface area (Å²) in [5.74, 6) is 0. The Morgan fingerprint density at radius 3 is 2.27 bits per heavy atom. The zero-order chi connectivity index (χ0) is 32.5. The van der Waals surface area contributed by atoms with Crippen LogP contribution in [0.15, 0.2) is 145 Å². The summed E-state index contributed by atoms with van der Waals surface area (Å²) in [5.41, 5.74) is 11.3.